The number of carbonyl (C=O) groups is 1. The van der Waals surface area contributed by atoms with Crippen molar-refractivity contribution in [2.75, 3.05) is 13.6 Å². The molecule has 0 aromatic carbocycles. The molecule has 0 saturated carbocycles. The van der Waals surface area contributed by atoms with Gasteiger partial charge < -0.3 is 10.2 Å². The monoisotopic (exact) mass is 200 g/mol. The highest BCUT2D eigenvalue weighted by Crippen LogP contribution is 2.15. The summed E-state index contributed by atoms with van der Waals surface area (Å²) in [5.74, 6) is 0.158. The van der Waals surface area contributed by atoms with Crippen LogP contribution in [0.5, 0.6) is 0 Å². The van der Waals surface area contributed by atoms with Gasteiger partial charge >= 0.3 is 0 Å². The first kappa shape index (κ1) is 13.4. The van der Waals surface area contributed by atoms with Crippen LogP contribution >= 0.6 is 0 Å². The molecule has 0 aliphatic carbocycles. The van der Waals surface area contributed by atoms with E-state index in [0.29, 0.717) is 12.6 Å². The Morgan fingerprint density at radius 2 is 1.93 bits per heavy atom. The van der Waals surface area contributed by atoms with Gasteiger partial charge in [-0.05, 0) is 20.3 Å². The summed E-state index contributed by atoms with van der Waals surface area (Å²) < 4.78 is 0. The topological polar surface area (TPSA) is 32.3 Å². The molecule has 0 fully saturated rings. The van der Waals surface area contributed by atoms with Crippen LogP contribution in [0.1, 0.15) is 41.0 Å². The van der Waals surface area contributed by atoms with Crippen molar-refractivity contribution in [3.8, 4) is 0 Å². The van der Waals surface area contributed by atoms with E-state index in [9.17, 15) is 4.79 Å². The Balaban J connectivity index is 4.12. The van der Waals surface area contributed by atoms with Crippen molar-refractivity contribution in [3.63, 3.8) is 0 Å². The minimum absolute atomic E-state index is 0.0459. The molecule has 0 unspecified atom stereocenters. The largest absolute Gasteiger partial charge is 0.340 e. The van der Waals surface area contributed by atoms with Gasteiger partial charge in [-0.3, -0.25) is 4.79 Å². The van der Waals surface area contributed by atoms with Gasteiger partial charge in [0.25, 0.3) is 0 Å². The molecule has 0 aromatic rings. The van der Waals surface area contributed by atoms with Gasteiger partial charge in [0.1, 0.15) is 0 Å². The van der Waals surface area contributed by atoms with E-state index in [1.165, 1.54) is 0 Å². The second kappa shape index (κ2) is 5.35. The normalized spacial score (nSPS) is 11.9. The minimum Gasteiger partial charge on any atom is -0.340 e. The standard InChI is InChI=1S/C11H24N2O/c1-7-11(4,5)13(6)10(14)8-12-9(2)3/h9,12H,7-8H2,1-6H3. The first-order valence-electron chi connectivity index (χ1n) is 5.31. The van der Waals surface area contributed by atoms with Crippen LogP contribution in [0.3, 0.4) is 0 Å². The highest BCUT2D eigenvalue weighted by Gasteiger charge is 2.24. The van der Waals surface area contributed by atoms with Crippen LogP contribution in [0.15, 0.2) is 0 Å². The molecule has 0 aromatic heterocycles. The second-order valence-corrected chi connectivity index (χ2v) is 4.65. The number of amides is 1. The van der Waals surface area contributed by atoms with E-state index in [2.05, 4.69) is 26.1 Å². The van der Waals surface area contributed by atoms with Crippen LogP contribution < -0.4 is 5.32 Å². The van der Waals surface area contributed by atoms with E-state index >= 15 is 0 Å². The minimum atomic E-state index is -0.0459. The van der Waals surface area contributed by atoms with Crippen LogP contribution in [0, 0.1) is 0 Å². The van der Waals surface area contributed by atoms with Gasteiger partial charge in [0.05, 0.1) is 6.54 Å². The second-order valence-electron chi connectivity index (χ2n) is 4.65. The lowest BCUT2D eigenvalue weighted by atomic mass is 10.00. The number of hydrogen-bond donors (Lipinski definition) is 1. The van der Waals surface area contributed by atoms with Crippen LogP contribution in [0.4, 0.5) is 0 Å². The summed E-state index contributed by atoms with van der Waals surface area (Å²) in [6, 6.07) is 0.358. The maximum atomic E-state index is 11.7. The van der Waals surface area contributed by atoms with E-state index in [-0.39, 0.29) is 11.4 Å². The number of nitrogens with zero attached hydrogens (tertiary/aromatic N) is 1. The molecule has 3 heteroatoms. The van der Waals surface area contributed by atoms with Gasteiger partial charge in [0.2, 0.25) is 5.91 Å². The van der Waals surface area contributed by atoms with Crippen molar-refractivity contribution in [1.29, 1.82) is 0 Å². The van der Waals surface area contributed by atoms with E-state index in [0.717, 1.165) is 6.42 Å². The lowest BCUT2D eigenvalue weighted by Gasteiger charge is -2.35. The zero-order chi connectivity index (χ0) is 11.4. The van der Waals surface area contributed by atoms with E-state index in [1.807, 2.05) is 25.8 Å². The number of likely N-dealkylation sites (N-methyl/N-ethyl adjacent to an activating group) is 1. The van der Waals surface area contributed by atoms with Crippen molar-refractivity contribution in [2.24, 2.45) is 0 Å². The Labute approximate surface area is 87.9 Å². The summed E-state index contributed by atoms with van der Waals surface area (Å²) in [5.41, 5.74) is -0.0459. The molecule has 14 heavy (non-hydrogen) atoms. The first-order chi connectivity index (χ1) is 6.31. The smallest absolute Gasteiger partial charge is 0.236 e. The Bertz CT molecular complexity index is 188. The summed E-state index contributed by atoms with van der Waals surface area (Å²) in [7, 11) is 1.87. The molecule has 0 spiro atoms. The zero-order valence-electron chi connectivity index (χ0n) is 10.3. The molecule has 0 radical (unpaired) electrons. The molecule has 0 bridgehead atoms. The third kappa shape index (κ3) is 4.09. The molecule has 0 aliphatic heterocycles. The lowest BCUT2D eigenvalue weighted by molar-refractivity contribution is -0.133. The van der Waals surface area contributed by atoms with Gasteiger partial charge in [-0.25, -0.2) is 0 Å². The summed E-state index contributed by atoms with van der Waals surface area (Å²) in [4.78, 5) is 13.5. The quantitative estimate of drug-likeness (QED) is 0.731. The maximum absolute atomic E-state index is 11.7. The Kier molecular flexibility index (Phi) is 5.13. The van der Waals surface area contributed by atoms with Gasteiger partial charge in [-0.15, -0.1) is 0 Å². The van der Waals surface area contributed by atoms with Gasteiger partial charge in [-0.2, -0.15) is 0 Å². The van der Waals surface area contributed by atoms with Gasteiger partial charge in [0.15, 0.2) is 0 Å². The average molecular weight is 200 g/mol. The average Bonchev–Trinajstić information content (AvgIpc) is 2.12. The van der Waals surface area contributed by atoms with Crippen LogP contribution in [-0.2, 0) is 4.79 Å². The molecule has 0 aliphatic rings. The van der Waals surface area contributed by atoms with E-state index < -0.39 is 0 Å². The van der Waals surface area contributed by atoms with Crippen molar-refractivity contribution in [1.82, 2.24) is 10.2 Å². The Morgan fingerprint density at radius 3 is 2.29 bits per heavy atom. The number of carbonyl (C=O) groups excluding carboxylic acids is 1. The highest BCUT2D eigenvalue weighted by atomic mass is 16.2. The predicted molar refractivity (Wildman–Crippen MR) is 60.3 cm³/mol. The fraction of sp³-hybridized carbons (Fsp3) is 0.909. The SMILES string of the molecule is CCC(C)(C)N(C)C(=O)CNC(C)C. The van der Waals surface area contributed by atoms with Crippen LogP contribution in [0.25, 0.3) is 0 Å². The van der Waals surface area contributed by atoms with E-state index in [1.54, 1.807) is 0 Å². The molecule has 0 rings (SSSR count). The molecule has 0 heterocycles. The predicted octanol–water partition coefficient (Wildman–Crippen LogP) is 1.63. The van der Waals surface area contributed by atoms with Crippen molar-refractivity contribution < 1.29 is 4.79 Å². The van der Waals surface area contributed by atoms with Crippen LogP contribution in [0.2, 0.25) is 0 Å². The molecule has 0 saturated heterocycles. The van der Waals surface area contributed by atoms with Crippen molar-refractivity contribution in [3.05, 3.63) is 0 Å². The summed E-state index contributed by atoms with van der Waals surface area (Å²) in [6.07, 6.45) is 0.969. The highest BCUT2D eigenvalue weighted by molar-refractivity contribution is 5.78. The number of nitrogens with one attached hydrogen (secondary N) is 1. The fourth-order valence-corrected chi connectivity index (χ4v) is 0.985. The summed E-state index contributed by atoms with van der Waals surface area (Å²) in [6.45, 7) is 10.8. The Hall–Kier alpha value is -0.570. The molecular weight excluding hydrogens is 176 g/mol. The molecule has 1 amide bonds. The lowest BCUT2D eigenvalue weighted by Crippen LogP contribution is -2.48. The maximum Gasteiger partial charge on any atom is 0.236 e. The summed E-state index contributed by atoms with van der Waals surface area (Å²) >= 11 is 0. The fourth-order valence-electron chi connectivity index (χ4n) is 0.985. The van der Waals surface area contributed by atoms with Gasteiger partial charge in [0, 0.05) is 18.6 Å². The molecule has 0 atom stereocenters. The number of hydrogen-bond acceptors (Lipinski definition) is 2. The van der Waals surface area contributed by atoms with E-state index in [4.69, 9.17) is 0 Å². The first-order valence-corrected chi connectivity index (χ1v) is 5.31. The third-order valence-electron chi connectivity index (χ3n) is 2.81. The van der Waals surface area contributed by atoms with Gasteiger partial charge in [-0.1, -0.05) is 20.8 Å². The molecule has 3 nitrogen and oxygen atoms in total. The Morgan fingerprint density at radius 1 is 1.43 bits per heavy atom. The van der Waals surface area contributed by atoms with Crippen molar-refractivity contribution in [2.45, 2.75) is 52.6 Å². The molecular formula is C11H24N2O. The number of rotatable bonds is 5. The summed E-state index contributed by atoms with van der Waals surface area (Å²) in [5, 5.41) is 3.13. The zero-order valence-corrected chi connectivity index (χ0v) is 10.3. The molecule has 1 N–H and O–H groups in total. The third-order valence-corrected chi connectivity index (χ3v) is 2.81. The van der Waals surface area contributed by atoms with Crippen LogP contribution in [-0.4, -0.2) is 36.0 Å². The molecule has 84 valence electrons. The van der Waals surface area contributed by atoms with Crippen molar-refractivity contribution >= 4 is 5.91 Å².